The van der Waals surface area contributed by atoms with Gasteiger partial charge in [-0.25, -0.2) is 5.01 Å². The Kier molecular flexibility index (Phi) is 5.27. The van der Waals surface area contributed by atoms with Gasteiger partial charge in [0.25, 0.3) is 5.91 Å². The molecule has 32 heavy (non-hydrogen) atoms. The normalized spacial score (nSPS) is 35.9. The molecule has 5 aliphatic rings. The first-order valence-corrected chi connectivity index (χ1v) is 11.0. The van der Waals surface area contributed by atoms with Gasteiger partial charge in [-0.2, -0.15) is 0 Å². The largest absolute Gasteiger partial charge is 0.573 e. The van der Waals surface area contributed by atoms with Crippen molar-refractivity contribution in [2.24, 2.45) is 0 Å². The average molecular weight is 455 g/mol. The molecule has 2 aliphatic heterocycles. The number of alkyl halides is 3. The maximum Gasteiger partial charge on any atom is 0.573 e. The number of hydrogen-bond donors (Lipinski definition) is 4. The predicted molar refractivity (Wildman–Crippen MR) is 109 cm³/mol. The third-order valence-corrected chi connectivity index (χ3v) is 6.81. The molecule has 8 nitrogen and oxygen atoms in total. The highest BCUT2D eigenvalue weighted by atomic mass is 19.4. The van der Waals surface area contributed by atoms with Gasteiger partial charge in [0, 0.05) is 30.2 Å². The highest BCUT2D eigenvalue weighted by Crippen LogP contribution is 2.60. The lowest BCUT2D eigenvalue weighted by Crippen LogP contribution is -2.86. The molecule has 2 heterocycles. The van der Waals surface area contributed by atoms with Crippen molar-refractivity contribution in [1.82, 2.24) is 26.4 Å². The van der Waals surface area contributed by atoms with Crippen LogP contribution in [0.4, 0.5) is 13.2 Å². The minimum atomic E-state index is -4.74. The Bertz CT molecular complexity index is 845. The molecule has 11 heteroatoms. The van der Waals surface area contributed by atoms with Gasteiger partial charge in [0.05, 0.1) is 12.2 Å². The molecule has 3 unspecified atom stereocenters. The number of hydrazine groups is 1. The molecule has 2 bridgehead atoms. The van der Waals surface area contributed by atoms with Crippen LogP contribution in [0.5, 0.6) is 11.5 Å². The number of nitrogens with one attached hydrogen (secondary N) is 4. The van der Waals surface area contributed by atoms with Gasteiger partial charge in [0.2, 0.25) is 0 Å². The number of carbonyl (C=O) groups excluding carboxylic acids is 1. The van der Waals surface area contributed by atoms with Gasteiger partial charge in [0.1, 0.15) is 11.5 Å². The molecule has 6 rings (SSSR count). The second-order valence-electron chi connectivity index (χ2n) is 9.55. The van der Waals surface area contributed by atoms with Gasteiger partial charge in [-0.3, -0.25) is 20.9 Å². The summed E-state index contributed by atoms with van der Waals surface area (Å²) in [6.45, 7) is 3.95. The number of amides is 1. The lowest BCUT2D eigenvalue weighted by atomic mass is 9.44. The molecule has 4 N–H and O–H groups in total. The maximum atomic E-state index is 12.3. The SMILES string of the molecule is CC1CC2C(NC34CC(NC(=O)COc5ccc(OC(F)(F)F)cc5)(C3)C4)NCCN2N1. The first kappa shape index (κ1) is 21.7. The van der Waals surface area contributed by atoms with Gasteiger partial charge in [-0.05, 0) is 56.9 Å². The smallest absolute Gasteiger partial charge is 0.484 e. The summed E-state index contributed by atoms with van der Waals surface area (Å²) in [6, 6.07) is 5.90. The number of hydrogen-bond acceptors (Lipinski definition) is 7. The second kappa shape index (κ2) is 7.75. The summed E-state index contributed by atoms with van der Waals surface area (Å²) in [6.07, 6.45) is -0.725. The standard InChI is InChI=1S/C21H28F3N5O3/c1-13-8-16-18(25-6-7-29(16)28-13)27-20-10-19(11-20,12-20)26-17(30)9-31-14-2-4-15(5-3-14)32-21(22,23)24/h2-5,13,16,18,25,27-28H,6-12H2,1H3,(H,26,30). The number of nitrogens with zero attached hydrogens (tertiary/aromatic N) is 1. The Hall–Kier alpha value is -2.08. The Morgan fingerprint density at radius 1 is 1.19 bits per heavy atom. The number of rotatable bonds is 7. The van der Waals surface area contributed by atoms with E-state index in [-0.39, 0.29) is 35.5 Å². The molecule has 0 radical (unpaired) electrons. The van der Waals surface area contributed by atoms with Crippen LogP contribution in [0.25, 0.3) is 0 Å². The van der Waals surface area contributed by atoms with Crippen LogP contribution in [0.15, 0.2) is 24.3 Å². The molecule has 1 aromatic rings. The van der Waals surface area contributed by atoms with E-state index < -0.39 is 6.36 Å². The predicted octanol–water partition coefficient (Wildman–Crippen LogP) is 1.24. The molecule has 1 amide bonds. The van der Waals surface area contributed by atoms with E-state index in [9.17, 15) is 18.0 Å². The Balaban J connectivity index is 1.05. The van der Waals surface area contributed by atoms with Gasteiger partial charge in [0.15, 0.2) is 6.61 Å². The fraction of sp³-hybridized carbons (Fsp3) is 0.667. The van der Waals surface area contributed by atoms with Crippen LogP contribution >= 0.6 is 0 Å². The van der Waals surface area contributed by atoms with Crippen LogP contribution in [0, 0.1) is 0 Å². The monoisotopic (exact) mass is 455 g/mol. The zero-order valence-corrected chi connectivity index (χ0v) is 17.8. The van der Waals surface area contributed by atoms with E-state index in [2.05, 4.69) is 38.0 Å². The lowest BCUT2D eigenvalue weighted by molar-refractivity contribution is -0.274. The fourth-order valence-electron chi connectivity index (χ4n) is 5.71. The summed E-state index contributed by atoms with van der Waals surface area (Å²) in [5, 5.41) is 12.8. The summed E-state index contributed by atoms with van der Waals surface area (Å²) >= 11 is 0. The van der Waals surface area contributed by atoms with Crippen LogP contribution in [0.1, 0.15) is 32.6 Å². The first-order valence-electron chi connectivity index (χ1n) is 11.0. The molecular weight excluding hydrogens is 427 g/mol. The van der Waals surface area contributed by atoms with E-state index in [0.717, 1.165) is 50.9 Å². The summed E-state index contributed by atoms with van der Waals surface area (Å²) in [5.41, 5.74) is 3.42. The molecular formula is C21H28F3N5O3. The third kappa shape index (κ3) is 4.39. The van der Waals surface area contributed by atoms with Crippen molar-refractivity contribution in [2.75, 3.05) is 19.7 Å². The van der Waals surface area contributed by atoms with Gasteiger partial charge in [-0.1, -0.05) is 0 Å². The van der Waals surface area contributed by atoms with Crippen molar-refractivity contribution in [3.63, 3.8) is 0 Å². The molecule has 0 aromatic heterocycles. The second-order valence-corrected chi connectivity index (χ2v) is 9.55. The molecule has 2 saturated heterocycles. The summed E-state index contributed by atoms with van der Waals surface area (Å²) in [7, 11) is 0. The van der Waals surface area contributed by atoms with E-state index >= 15 is 0 Å². The lowest BCUT2D eigenvalue weighted by Gasteiger charge is -2.71. The molecule has 1 aromatic carbocycles. The van der Waals surface area contributed by atoms with Crippen LogP contribution in [0.3, 0.4) is 0 Å². The molecule has 3 aliphatic carbocycles. The number of benzene rings is 1. The van der Waals surface area contributed by atoms with Crippen molar-refractivity contribution in [3.8, 4) is 11.5 Å². The molecule has 3 atom stereocenters. The highest BCUT2D eigenvalue weighted by Gasteiger charge is 2.69. The van der Waals surface area contributed by atoms with Gasteiger partial charge < -0.3 is 14.8 Å². The van der Waals surface area contributed by atoms with E-state index in [4.69, 9.17) is 4.74 Å². The molecule has 0 spiro atoms. The van der Waals surface area contributed by atoms with Crippen molar-refractivity contribution in [2.45, 2.75) is 68.3 Å². The Morgan fingerprint density at radius 2 is 1.88 bits per heavy atom. The van der Waals surface area contributed by atoms with Crippen LogP contribution in [-0.4, -0.2) is 66.3 Å². The summed E-state index contributed by atoms with van der Waals surface area (Å²) < 4.78 is 45.8. The minimum Gasteiger partial charge on any atom is -0.484 e. The quantitative estimate of drug-likeness (QED) is 0.492. The third-order valence-electron chi connectivity index (χ3n) is 6.81. The van der Waals surface area contributed by atoms with E-state index in [1.54, 1.807) is 0 Å². The Morgan fingerprint density at radius 3 is 2.56 bits per heavy atom. The minimum absolute atomic E-state index is 0.0783. The number of carbonyl (C=O) groups is 1. The van der Waals surface area contributed by atoms with Crippen LogP contribution < -0.4 is 30.8 Å². The molecule has 176 valence electrons. The van der Waals surface area contributed by atoms with Crippen molar-refractivity contribution < 1.29 is 27.4 Å². The number of halogens is 3. The topological polar surface area (TPSA) is 86.9 Å². The van der Waals surface area contributed by atoms with Crippen LogP contribution in [0.2, 0.25) is 0 Å². The van der Waals surface area contributed by atoms with Crippen molar-refractivity contribution in [1.29, 1.82) is 0 Å². The average Bonchev–Trinajstić information content (AvgIpc) is 3.05. The number of piperazine rings is 1. The van der Waals surface area contributed by atoms with Gasteiger partial charge in [-0.15, -0.1) is 13.2 Å². The highest BCUT2D eigenvalue weighted by molar-refractivity contribution is 5.79. The zero-order chi connectivity index (χ0) is 22.6. The zero-order valence-electron chi connectivity index (χ0n) is 17.8. The van der Waals surface area contributed by atoms with E-state index in [0.29, 0.717) is 17.8 Å². The summed E-state index contributed by atoms with van der Waals surface area (Å²) in [4.78, 5) is 12.3. The number of fused-ring (bicyclic) bond motifs is 1. The van der Waals surface area contributed by atoms with Crippen molar-refractivity contribution >= 4 is 5.91 Å². The summed E-state index contributed by atoms with van der Waals surface area (Å²) in [5.74, 6) is -0.262. The van der Waals surface area contributed by atoms with E-state index in [1.807, 2.05) is 0 Å². The first-order chi connectivity index (χ1) is 15.1. The van der Waals surface area contributed by atoms with E-state index in [1.165, 1.54) is 12.1 Å². The fourth-order valence-corrected chi connectivity index (χ4v) is 5.71. The van der Waals surface area contributed by atoms with Crippen molar-refractivity contribution in [3.05, 3.63) is 24.3 Å². The molecule has 3 saturated carbocycles. The molecule has 5 fully saturated rings. The number of ether oxygens (including phenoxy) is 2. The van der Waals surface area contributed by atoms with Crippen LogP contribution in [-0.2, 0) is 4.79 Å². The van der Waals surface area contributed by atoms with Gasteiger partial charge >= 0.3 is 6.36 Å². The maximum absolute atomic E-state index is 12.3. The Labute approximate surface area is 184 Å².